The first kappa shape index (κ1) is 5.45. The number of hydrogen-bond acceptors (Lipinski definition) is 1. The van der Waals surface area contributed by atoms with Crippen LogP contribution in [0.4, 0.5) is 0 Å². The minimum Gasteiger partial charge on any atom is -0.240 e. The van der Waals surface area contributed by atoms with E-state index in [-0.39, 0.29) is 0 Å². The Kier molecular flexibility index (Phi) is 2.00. The predicted octanol–water partition coefficient (Wildman–Crippen LogP) is 0.726. The molecule has 1 atom stereocenters. The van der Waals surface area contributed by atoms with Crippen LogP contribution in [0.2, 0.25) is 0 Å². The Bertz CT molecular complexity index is 50.0. The van der Waals surface area contributed by atoms with Crippen molar-refractivity contribution in [1.29, 1.82) is 0 Å². The van der Waals surface area contributed by atoms with Crippen molar-refractivity contribution in [2.45, 2.75) is 12.2 Å². The summed E-state index contributed by atoms with van der Waals surface area (Å²) in [7, 11) is 0. The van der Waals surface area contributed by atoms with Crippen LogP contribution < -0.4 is 5.32 Å². The monoisotopic (exact) mass is 116 g/mol. The zero-order valence-electron chi connectivity index (χ0n) is 4.55. The molecule has 1 aliphatic heterocycles. The number of rotatable bonds is 0. The topological polar surface area (TPSA) is 14.1 Å². The van der Waals surface area contributed by atoms with Gasteiger partial charge in [-0.15, -0.1) is 0 Å². The van der Waals surface area contributed by atoms with Gasteiger partial charge >= 0.3 is 0 Å². The molecule has 0 spiro atoms. The molecule has 1 radical (unpaired) electrons. The van der Waals surface area contributed by atoms with Gasteiger partial charge in [0.2, 0.25) is 0 Å². The second-order valence-electron chi connectivity index (χ2n) is 1.81. The van der Waals surface area contributed by atoms with Gasteiger partial charge in [-0.25, -0.2) is 5.32 Å². The molecule has 1 saturated heterocycles. The standard InChI is InChI=1S/C5H10NS/c1-5-4-6-2-3-7-5/h5H,2-4H2,1H3. The second-order valence-corrected chi connectivity index (χ2v) is 3.36. The van der Waals surface area contributed by atoms with E-state index in [0.29, 0.717) is 0 Å². The summed E-state index contributed by atoms with van der Waals surface area (Å²) in [6, 6.07) is 0. The first-order valence-corrected chi connectivity index (χ1v) is 3.69. The molecular weight excluding hydrogens is 106 g/mol. The van der Waals surface area contributed by atoms with Crippen molar-refractivity contribution >= 4 is 11.8 Å². The Hall–Kier alpha value is 0.310. The van der Waals surface area contributed by atoms with Gasteiger partial charge in [0, 0.05) is 24.1 Å². The van der Waals surface area contributed by atoms with E-state index in [2.05, 4.69) is 12.2 Å². The van der Waals surface area contributed by atoms with Gasteiger partial charge in [-0.05, 0) is 0 Å². The zero-order chi connectivity index (χ0) is 5.11. The SMILES string of the molecule is CC1C[N]CCS1. The molecule has 1 unspecified atom stereocenters. The third-order valence-electron chi connectivity index (χ3n) is 1.04. The lowest BCUT2D eigenvalue weighted by Gasteiger charge is -2.15. The fourth-order valence-corrected chi connectivity index (χ4v) is 1.49. The first-order chi connectivity index (χ1) is 3.39. The van der Waals surface area contributed by atoms with Gasteiger partial charge in [-0.3, -0.25) is 0 Å². The van der Waals surface area contributed by atoms with E-state index in [4.69, 9.17) is 0 Å². The van der Waals surface area contributed by atoms with Crippen molar-refractivity contribution in [2.24, 2.45) is 0 Å². The summed E-state index contributed by atoms with van der Waals surface area (Å²) in [5.41, 5.74) is 0. The third kappa shape index (κ3) is 1.70. The van der Waals surface area contributed by atoms with Crippen molar-refractivity contribution in [2.75, 3.05) is 18.8 Å². The Morgan fingerprint density at radius 1 is 1.71 bits per heavy atom. The highest BCUT2D eigenvalue weighted by atomic mass is 32.2. The van der Waals surface area contributed by atoms with Crippen molar-refractivity contribution in [3.63, 3.8) is 0 Å². The number of nitrogens with zero attached hydrogens (tertiary/aromatic N) is 1. The summed E-state index contributed by atoms with van der Waals surface area (Å²) in [4.78, 5) is 0. The van der Waals surface area contributed by atoms with E-state index in [1.807, 2.05) is 11.8 Å². The van der Waals surface area contributed by atoms with E-state index in [9.17, 15) is 0 Å². The molecule has 0 bridgehead atoms. The molecule has 1 heterocycles. The van der Waals surface area contributed by atoms with Gasteiger partial charge in [0.05, 0.1) is 0 Å². The molecule has 0 aromatic rings. The normalized spacial score (nSPS) is 33.0. The Labute approximate surface area is 48.9 Å². The average Bonchev–Trinajstić information content (AvgIpc) is 1.69. The van der Waals surface area contributed by atoms with E-state index in [1.165, 1.54) is 5.75 Å². The largest absolute Gasteiger partial charge is 0.240 e. The van der Waals surface area contributed by atoms with Crippen LogP contribution in [0.5, 0.6) is 0 Å². The van der Waals surface area contributed by atoms with E-state index in [0.717, 1.165) is 18.3 Å². The van der Waals surface area contributed by atoms with E-state index >= 15 is 0 Å². The second kappa shape index (κ2) is 2.58. The average molecular weight is 116 g/mol. The molecule has 1 nitrogen and oxygen atoms in total. The molecule has 0 saturated carbocycles. The lowest BCUT2D eigenvalue weighted by atomic mass is 10.4. The highest BCUT2D eigenvalue weighted by Crippen LogP contribution is 2.11. The van der Waals surface area contributed by atoms with Crippen LogP contribution >= 0.6 is 11.8 Å². The van der Waals surface area contributed by atoms with E-state index < -0.39 is 0 Å². The molecule has 1 aliphatic rings. The van der Waals surface area contributed by atoms with Crippen LogP contribution in [0.25, 0.3) is 0 Å². The van der Waals surface area contributed by atoms with Crippen molar-refractivity contribution in [3.8, 4) is 0 Å². The molecule has 7 heavy (non-hydrogen) atoms. The van der Waals surface area contributed by atoms with Crippen LogP contribution in [0.1, 0.15) is 6.92 Å². The number of thioether (sulfide) groups is 1. The van der Waals surface area contributed by atoms with Crippen LogP contribution in [0.3, 0.4) is 0 Å². The van der Waals surface area contributed by atoms with Gasteiger partial charge in [0.1, 0.15) is 0 Å². The van der Waals surface area contributed by atoms with Gasteiger partial charge in [-0.1, -0.05) is 6.92 Å². The van der Waals surface area contributed by atoms with Gasteiger partial charge in [-0.2, -0.15) is 11.8 Å². The molecule has 0 aromatic carbocycles. The lowest BCUT2D eigenvalue weighted by molar-refractivity contribution is 0.681. The lowest BCUT2D eigenvalue weighted by Crippen LogP contribution is -2.24. The maximum atomic E-state index is 4.24. The van der Waals surface area contributed by atoms with Crippen LogP contribution in [-0.4, -0.2) is 24.1 Å². The van der Waals surface area contributed by atoms with Gasteiger partial charge in [0.15, 0.2) is 0 Å². The quantitative estimate of drug-likeness (QED) is 0.455. The number of hydrogen-bond donors (Lipinski definition) is 0. The fraction of sp³-hybridized carbons (Fsp3) is 1.00. The van der Waals surface area contributed by atoms with Crippen LogP contribution in [-0.2, 0) is 0 Å². The van der Waals surface area contributed by atoms with Gasteiger partial charge < -0.3 is 0 Å². The maximum Gasteiger partial charge on any atom is 0.0250 e. The third-order valence-corrected chi connectivity index (χ3v) is 2.17. The Balaban J connectivity index is 2.12. The molecular formula is C5H10NS. The smallest absolute Gasteiger partial charge is 0.0250 e. The predicted molar refractivity (Wildman–Crippen MR) is 33.8 cm³/mol. The van der Waals surface area contributed by atoms with Crippen molar-refractivity contribution < 1.29 is 0 Å². The summed E-state index contributed by atoms with van der Waals surface area (Å²) in [6.07, 6.45) is 0. The summed E-state index contributed by atoms with van der Waals surface area (Å²) in [6.45, 7) is 4.38. The van der Waals surface area contributed by atoms with Crippen molar-refractivity contribution in [3.05, 3.63) is 0 Å². The molecule has 41 valence electrons. The molecule has 1 fully saturated rings. The molecule has 2 heteroatoms. The van der Waals surface area contributed by atoms with Crippen LogP contribution in [0.15, 0.2) is 0 Å². The summed E-state index contributed by atoms with van der Waals surface area (Å²) in [5, 5.41) is 5.02. The Morgan fingerprint density at radius 2 is 2.57 bits per heavy atom. The molecule has 0 amide bonds. The summed E-state index contributed by atoms with van der Waals surface area (Å²) >= 11 is 2.02. The van der Waals surface area contributed by atoms with Crippen LogP contribution in [0, 0.1) is 0 Å². The van der Waals surface area contributed by atoms with Gasteiger partial charge in [0.25, 0.3) is 0 Å². The Morgan fingerprint density at radius 3 is 2.86 bits per heavy atom. The molecule has 0 aliphatic carbocycles. The molecule has 0 N–H and O–H groups in total. The molecule has 1 rings (SSSR count). The highest BCUT2D eigenvalue weighted by molar-refractivity contribution is 7.99. The minimum absolute atomic E-state index is 0.786. The minimum atomic E-state index is 0.786. The zero-order valence-corrected chi connectivity index (χ0v) is 5.37. The summed E-state index contributed by atoms with van der Waals surface area (Å²) < 4.78 is 0. The van der Waals surface area contributed by atoms with E-state index in [1.54, 1.807) is 0 Å². The first-order valence-electron chi connectivity index (χ1n) is 2.64. The van der Waals surface area contributed by atoms with Crippen molar-refractivity contribution in [1.82, 2.24) is 5.32 Å². The fourth-order valence-electron chi connectivity index (χ4n) is 0.644. The maximum absolute atomic E-state index is 4.24. The highest BCUT2D eigenvalue weighted by Gasteiger charge is 2.06. The molecule has 0 aromatic heterocycles. The summed E-state index contributed by atoms with van der Waals surface area (Å²) in [5.74, 6) is 1.24.